The molecule has 15 heavy (non-hydrogen) atoms. The average Bonchev–Trinajstić information content (AvgIpc) is 2.55. The molecular formula is C12H20N2O. The van der Waals surface area contributed by atoms with Crippen LogP contribution in [0, 0.1) is 17.2 Å². The highest BCUT2D eigenvalue weighted by molar-refractivity contribution is 5.78. The molecule has 1 heterocycles. The van der Waals surface area contributed by atoms with Crippen LogP contribution < -0.4 is 0 Å². The molecule has 0 radical (unpaired) electrons. The van der Waals surface area contributed by atoms with Crippen molar-refractivity contribution in [1.82, 2.24) is 4.90 Å². The van der Waals surface area contributed by atoms with E-state index in [1.807, 2.05) is 4.90 Å². The molecule has 1 rings (SSSR count). The van der Waals surface area contributed by atoms with Crippen LogP contribution in [0.2, 0.25) is 0 Å². The van der Waals surface area contributed by atoms with Gasteiger partial charge in [0.1, 0.15) is 0 Å². The average molecular weight is 208 g/mol. The second kappa shape index (κ2) is 6.44. The van der Waals surface area contributed by atoms with Crippen molar-refractivity contribution in [2.24, 2.45) is 5.92 Å². The zero-order valence-corrected chi connectivity index (χ0v) is 9.54. The second-order valence-electron chi connectivity index (χ2n) is 4.31. The molecule has 0 spiro atoms. The first-order valence-corrected chi connectivity index (χ1v) is 5.92. The molecule has 0 bridgehead atoms. The van der Waals surface area contributed by atoms with Crippen LogP contribution in [0.1, 0.15) is 45.4 Å². The lowest BCUT2D eigenvalue weighted by molar-refractivity contribution is -0.127. The Balaban J connectivity index is 2.19. The van der Waals surface area contributed by atoms with Crippen molar-refractivity contribution in [1.29, 1.82) is 5.26 Å². The first kappa shape index (κ1) is 12.0. The molecule has 1 fully saturated rings. The van der Waals surface area contributed by atoms with E-state index in [0.29, 0.717) is 18.2 Å². The van der Waals surface area contributed by atoms with Gasteiger partial charge < -0.3 is 4.90 Å². The van der Waals surface area contributed by atoms with Gasteiger partial charge in [0, 0.05) is 25.9 Å². The van der Waals surface area contributed by atoms with E-state index < -0.39 is 0 Å². The number of carbonyl (C=O) groups is 1. The van der Waals surface area contributed by atoms with E-state index in [2.05, 4.69) is 13.0 Å². The maximum atomic E-state index is 11.6. The van der Waals surface area contributed by atoms with Crippen LogP contribution in [-0.2, 0) is 4.79 Å². The second-order valence-corrected chi connectivity index (χ2v) is 4.31. The van der Waals surface area contributed by atoms with Crippen molar-refractivity contribution in [2.75, 3.05) is 13.1 Å². The number of carbonyl (C=O) groups excluding carboxylic acids is 1. The van der Waals surface area contributed by atoms with E-state index in [1.165, 1.54) is 12.8 Å². The van der Waals surface area contributed by atoms with E-state index in [0.717, 1.165) is 32.4 Å². The van der Waals surface area contributed by atoms with Gasteiger partial charge >= 0.3 is 0 Å². The van der Waals surface area contributed by atoms with E-state index in [9.17, 15) is 4.79 Å². The van der Waals surface area contributed by atoms with Crippen LogP contribution >= 0.6 is 0 Å². The Bertz CT molecular complexity index is 244. The number of nitriles is 1. The third-order valence-corrected chi connectivity index (χ3v) is 2.96. The highest BCUT2D eigenvalue weighted by atomic mass is 16.2. The van der Waals surface area contributed by atoms with E-state index in [4.69, 9.17) is 5.26 Å². The first-order valence-electron chi connectivity index (χ1n) is 5.92. The van der Waals surface area contributed by atoms with Crippen LogP contribution in [0.5, 0.6) is 0 Å². The standard InChI is InChI=1S/C12H20N2O/c1-2-6-11-9-12(15)14(10-11)8-5-3-4-7-13/h11H,2-6,8-10H2,1H3. The fraction of sp³-hybridized carbons (Fsp3) is 0.833. The molecule has 1 saturated heterocycles. The summed E-state index contributed by atoms with van der Waals surface area (Å²) >= 11 is 0. The van der Waals surface area contributed by atoms with Crippen LogP contribution in [0.4, 0.5) is 0 Å². The minimum atomic E-state index is 0.311. The van der Waals surface area contributed by atoms with Gasteiger partial charge in [-0.05, 0) is 25.2 Å². The largest absolute Gasteiger partial charge is 0.342 e. The molecular weight excluding hydrogens is 188 g/mol. The van der Waals surface area contributed by atoms with Crippen molar-refractivity contribution in [3.05, 3.63) is 0 Å². The number of likely N-dealkylation sites (tertiary alicyclic amines) is 1. The Hall–Kier alpha value is -1.04. The predicted octanol–water partition coefficient (Wildman–Crippen LogP) is 2.33. The predicted molar refractivity (Wildman–Crippen MR) is 59.1 cm³/mol. The zero-order chi connectivity index (χ0) is 11.1. The normalized spacial score (nSPS) is 20.7. The summed E-state index contributed by atoms with van der Waals surface area (Å²) in [5, 5.41) is 8.39. The fourth-order valence-electron chi connectivity index (χ4n) is 2.18. The highest BCUT2D eigenvalue weighted by Crippen LogP contribution is 2.22. The Kier molecular flexibility index (Phi) is 5.17. The molecule has 1 aliphatic rings. The van der Waals surface area contributed by atoms with Crippen molar-refractivity contribution >= 4 is 5.91 Å². The smallest absolute Gasteiger partial charge is 0.222 e. The molecule has 1 amide bonds. The van der Waals surface area contributed by atoms with Crippen LogP contribution in [0.15, 0.2) is 0 Å². The monoisotopic (exact) mass is 208 g/mol. The summed E-state index contributed by atoms with van der Waals surface area (Å²) in [5.74, 6) is 0.892. The SMILES string of the molecule is CCCC1CC(=O)N(CCCCC#N)C1. The van der Waals surface area contributed by atoms with Gasteiger partial charge in [0.25, 0.3) is 0 Å². The molecule has 3 nitrogen and oxygen atoms in total. The first-order chi connectivity index (χ1) is 7.27. The molecule has 0 saturated carbocycles. The molecule has 0 aromatic rings. The number of hydrogen-bond acceptors (Lipinski definition) is 2. The quantitative estimate of drug-likeness (QED) is 0.629. The minimum absolute atomic E-state index is 0.311. The summed E-state index contributed by atoms with van der Waals surface area (Å²) in [4.78, 5) is 13.6. The number of unbranched alkanes of at least 4 members (excludes halogenated alkanes) is 2. The number of rotatable bonds is 6. The van der Waals surface area contributed by atoms with E-state index >= 15 is 0 Å². The Morgan fingerprint density at radius 2 is 2.33 bits per heavy atom. The number of amides is 1. The molecule has 1 aliphatic heterocycles. The highest BCUT2D eigenvalue weighted by Gasteiger charge is 2.27. The fourth-order valence-corrected chi connectivity index (χ4v) is 2.18. The van der Waals surface area contributed by atoms with Gasteiger partial charge in [0.05, 0.1) is 6.07 Å². The van der Waals surface area contributed by atoms with Gasteiger partial charge in [-0.15, -0.1) is 0 Å². The van der Waals surface area contributed by atoms with Crippen molar-refractivity contribution in [3.63, 3.8) is 0 Å². The van der Waals surface area contributed by atoms with Gasteiger partial charge in [0.2, 0.25) is 5.91 Å². The van der Waals surface area contributed by atoms with Gasteiger partial charge in [-0.2, -0.15) is 5.26 Å². The van der Waals surface area contributed by atoms with Gasteiger partial charge in [-0.1, -0.05) is 13.3 Å². The lowest BCUT2D eigenvalue weighted by Crippen LogP contribution is -2.26. The summed E-state index contributed by atoms with van der Waals surface area (Å²) in [6, 6.07) is 2.13. The summed E-state index contributed by atoms with van der Waals surface area (Å²) in [6.45, 7) is 3.96. The summed E-state index contributed by atoms with van der Waals surface area (Å²) < 4.78 is 0. The molecule has 0 N–H and O–H groups in total. The molecule has 84 valence electrons. The molecule has 3 heteroatoms. The van der Waals surface area contributed by atoms with Crippen molar-refractivity contribution < 1.29 is 4.79 Å². The molecule has 1 atom stereocenters. The van der Waals surface area contributed by atoms with Crippen LogP contribution in [0.3, 0.4) is 0 Å². The topological polar surface area (TPSA) is 44.1 Å². The van der Waals surface area contributed by atoms with Crippen LogP contribution in [0.25, 0.3) is 0 Å². The maximum absolute atomic E-state index is 11.6. The van der Waals surface area contributed by atoms with Crippen LogP contribution in [-0.4, -0.2) is 23.9 Å². The molecule has 1 unspecified atom stereocenters. The van der Waals surface area contributed by atoms with Crippen molar-refractivity contribution in [3.8, 4) is 6.07 Å². The zero-order valence-electron chi connectivity index (χ0n) is 9.54. The Morgan fingerprint density at radius 3 is 3.00 bits per heavy atom. The molecule has 0 aromatic carbocycles. The minimum Gasteiger partial charge on any atom is -0.342 e. The number of hydrogen-bond donors (Lipinski definition) is 0. The third-order valence-electron chi connectivity index (χ3n) is 2.96. The molecule has 0 aliphatic carbocycles. The van der Waals surface area contributed by atoms with E-state index in [1.54, 1.807) is 0 Å². The van der Waals surface area contributed by atoms with Gasteiger partial charge in [-0.3, -0.25) is 4.79 Å². The molecule has 0 aromatic heterocycles. The summed E-state index contributed by atoms with van der Waals surface area (Å²) in [5.41, 5.74) is 0. The van der Waals surface area contributed by atoms with Crippen molar-refractivity contribution in [2.45, 2.75) is 45.4 Å². The van der Waals surface area contributed by atoms with E-state index in [-0.39, 0.29) is 0 Å². The summed E-state index contributed by atoms with van der Waals surface area (Å²) in [7, 11) is 0. The lowest BCUT2D eigenvalue weighted by atomic mass is 10.0. The maximum Gasteiger partial charge on any atom is 0.222 e. The third kappa shape index (κ3) is 3.91. The van der Waals surface area contributed by atoms with Gasteiger partial charge in [0.15, 0.2) is 0 Å². The Labute approximate surface area is 92.1 Å². The Morgan fingerprint density at radius 1 is 1.53 bits per heavy atom. The number of nitrogens with zero attached hydrogens (tertiary/aromatic N) is 2. The summed E-state index contributed by atoms with van der Waals surface area (Å²) in [6.07, 6.45) is 5.57. The van der Waals surface area contributed by atoms with Gasteiger partial charge in [-0.25, -0.2) is 0 Å². The lowest BCUT2D eigenvalue weighted by Gasteiger charge is -2.15.